The van der Waals surface area contributed by atoms with Crippen molar-refractivity contribution >= 4 is 23.8 Å². The van der Waals surface area contributed by atoms with E-state index in [1.807, 2.05) is 42.5 Å². The first-order valence-corrected chi connectivity index (χ1v) is 9.86. The van der Waals surface area contributed by atoms with Crippen LogP contribution in [-0.2, 0) is 0 Å². The van der Waals surface area contributed by atoms with E-state index in [4.69, 9.17) is 18.9 Å². The van der Waals surface area contributed by atoms with Crippen LogP contribution in [0.25, 0.3) is 0 Å². The average Bonchev–Trinajstić information content (AvgIpc) is 2.74. The highest BCUT2D eigenvalue weighted by Gasteiger charge is 2.26. The third-order valence-electron chi connectivity index (χ3n) is 4.26. The van der Waals surface area contributed by atoms with E-state index < -0.39 is 7.92 Å². The van der Waals surface area contributed by atoms with Crippen LogP contribution in [0.4, 0.5) is 0 Å². The van der Waals surface area contributed by atoms with Crippen LogP contribution in [0, 0.1) is 0 Å². The smallest absolute Gasteiger partial charge is 0.169 e. The van der Waals surface area contributed by atoms with E-state index in [1.165, 1.54) is 5.30 Å². The first-order chi connectivity index (χ1) is 13.2. The summed E-state index contributed by atoms with van der Waals surface area (Å²) >= 11 is 0. The molecule has 0 fully saturated rings. The third-order valence-corrected chi connectivity index (χ3v) is 6.74. The SMILES string of the molecule is COc1cccc(P(c2ccccc2)c2cccc(OC)c2OC)c1OC. The van der Waals surface area contributed by atoms with E-state index in [1.54, 1.807) is 28.4 Å². The minimum atomic E-state index is -0.953. The Bertz CT molecular complexity index is 841. The van der Waals surface area contributed by atoms with E-state index in [0.29, 0.717) is 11.5 Å². The maximum Gasteiger partial charge on any atom is 0.169 e. The number of rotatable bonds is 7. The van der Waals surface area contributed by atoms with E-state index in [0.717, 1.165) is 22.1 Å². The molecule has 0 aromatic heterocycles. The van der Waals surface area contributed by atoms with Crippen molar-refractivity contribution in [1.82, 2.24) is 0 Å². The molecular weight excluding hydrogens is 359 g/mol. The average molecular weight is 382 g/mol. The van der Waals surface area contributed by atoms with Gasteiger partial charge in [-0.1, -0.05) is 42.5 Å². The predicted octanol–water partition coefficient (Wildman–Crippen LogP) is 3.48. The third kappa shape index (κ3) is 3.72. The predicted molar refractivity (Wildman–Crippen MR) is 111 cm³/mol. The lowest BCUT2D eigenvalue weighted by Gasteiger charge is -2.24. The topological polar surface area (TPSA) is 36.9 Å². The molecular formula is C22H23O4P. The van der Waals surface area contributed by atoms with Gasteiger partial charge in [0.1, 0.15) is 0 Å². The van der Waals surface area contributed by atoms with Crippen LogP contribution < -0.4 is 34.9 Å². The summed E-state index contributed by atoms with van der Waals surface area (Å²) in [5.74, 6) is 2.89. The lowest BCUT2D eigenvalue weighted by Crippen LogP contribution is -2.23. The van der Waals surface area contributed by atoms with Gasteiger partial charge >= 0.3 is 0 Å². The van der Waals surface area contributed by atoms with Gasteiger partial charge in [0, 0.05) is 10.6 Å². The van der Waals surface area contributed by atoms with Crippen LogP contribution >= 0.6 is 7.92 Å². The molecule has 5 heteroatoms. The molecule has 0 aliphatic rings. The molecule has 0 aliphatic heterocycles. The molecule has 0 N–H and O–H groups in total. The van der Waals surface area contributed by atoms with Gasteiger partial charge in [-0.05, 0) is 37.5 Å². The summed E-state index contributed by atoms with van der Waals surface area (Å²) in [6.07, 6.45) is 0. The maximum atomic E-state index is 5.74. The first kappa shape index (κ1) is 19.1. The molecule has 0 atom stereocenters. The Balaban J connectivity index is 2.31. The summed E-state index contributed by atoms with van der Waals surface area (Å²) in [5.41, 5.74) is 0. The van der Waals surface area contributed by atoms with Gasteiger partial charge in [0.05, 0.1) is 28.4 Å². The molecule has 0 heterocycles. The zero-order chi connectivity index (χ0) is 19.2. The molecule has 27 heavy (non-hydrogen) atoms. The normalized spacial score (nSPS) is 10.6. The van der Waals surface area contributed by atoms with E-state index in [-0.39, 0.29) is 0 Å². The minimum absolute atomic E-state index is 0.709. The van der Waals surface area contributed by atoms with Crippen LogP contribution in [0.15, 0.2) is 66.7 Å². The van der Waals surface area contributed by atoms with E-state index in [2.05, 4.69) is 24.3 Å². The highest BCUT2D eigenvalue weighted by Crippen LogP contribution is 2.44. The molecule has 0 radical (unpaired) electrons. The van der Waals surface area contributed by atoms with Crippen molar-refractivity contribution < 1.29 is 18.9 Å². The molecule has 3 rings (SSSR count). The van der Waals surface area contributed by atoms with Crippen molar-refractivity contribution in [1.29, 1.82) is 0 Å². The van der Waals surface area contributed by atoms with Gasteiger partial charge in [-0.3, -0.25) is 0 Å². The van der Waals surface area contributed by atoms with Gasteiger partial charge in [-0.25, -0.2) is 0 Å². The summed E-state index contributed by atoms with van der Waals surface area (Å²) in [7, 11) is 5.69. The van der Waals surface area contributed by atoms with Gasteiger partial charge in [0.25, 0.3) is 0 Å². The second-order valence-corrected chi connectivity index (χ2v) is 7.85. The molecule has 0 amide bonds. The Labute approximate surface area is 161 Å². The molecule has 0 spiro atoms. The highest BCUT2D eigenvalue weighted by molar-refractivity contribution is 7.80. The Hall–Kier alpha value is -2.71. The fourth-order valence-electron chi connectivity index (χ4n) is 3.08. The molecule has 0 aliphatic carbocycles. The zero-order valence-corrected chi connectivity index (χ0v) is 16.8. The van der Waals surface area contributed by atoms with Crippen LogP contribution in [-0.4, -0.2) is 28.4 Å². The summed E-state index contributed by atoms with van der Waals surface area (Å²) in [4.78, 5) is 0. The van der Waals surface area contributed by atoms with E-state index in [9.17, 15) is 0 Å². The lowest BCUT2D eigenvalue weighted by molar-refractivity contribution is 0.357. The standard InChI is InChI=1S/C22H23O4P/c1-23-17-12-8-14-19(21(17)25-3)27(16-10-6-5-7-11-16)20-15-9-13-18(24-2)22(20)26-4/h5-15H,1-4H3. The summed E-state index contributed by atoms with van der Waals surface area (Å²) < 4.78 is 22.5. The monoisotopic (exact) mass is 382 g/mol. The molecule has 3 aromatic rings. The molecule has 0 saturated heterocycles. The van der Waals surface area contributed by atoms with Crippen molar-refractivity contribution in [3.05, 3.63) is 66.7 Å². The van der Waals surface area contributed by atoms with Gasteiger partial charge < -0.3 is 18.9 Å². The first-order valence-electron chi connectivity index (χ1n) is 8.52. The van der Waals surface area contributed by atoms with Crippen LogP contribution in [0.1, 0.15) is 0 Å². The molecule has 3 aromatic carbocycles. The number of ether oxygens (including phenoxy) is 4. The molecule has 0 unspecified atom stereocenters. The number of para-hydroxylation sites is 2. The molecule has 140 valence electrons. The largest absolute Gasteiger partial charge is 0.493 e. The number of hydrogen-bond acceptors (Lipinski definition) is 4. The van der Waals surface area contributed by atoms with Crippen molar-refractivity contribution in [3.8, 4) is 23.0 Å². The van der Waals surface area contributed by atoms with Crippen LogP contribution in [0.2, 0.25) is 0 Å². The van der Waals surface area contributed by atoms with Crippen LogP contribution in [0.5, 0.6) is 23.0 Å². The second-order valence-electron chi connectivity index (χ2n) is 5.70. The summed E-state index contributed by atoms with van der Waals surface area (Å²) in [5, 5.41) is 3.31. The Morgan fingerprint density at radius 3 is 1.41 bits per heavy atom. The number of benzene rings is 3. The number of methoxy groups -OCH3 is 4. The molecule has 4 nitrogen and oxygen atoms in total. The lowest BCUT2D eigenvalue weighted by atomic mass is 10.3. The van der Waals surface area contributed by atoms with E-state index >= 15 is 0 Å². The molecule has 0 saturated carbocycles. The van der Waals surface area contributed by atoms with Crippen LogP contribution in [0.3, 0.4) is 0 Å². The zero-order valence-electron chi connectivity index (χ0n) is 15.9. The van der Waals surface area contributed by atoms with Gasteiger partial charge in [-0.15, -0.1) is 0 Å². The van der Waals surface area contributed by atoms with Gasteiger partial charge in [-0.2, -0.15) is 0 Å². The summed E-state index contributed by atoms with van der Waals surface area (Å²) in [6.45, 7) is 0. The summed E-state index contributed by atoms with van der Waals surface area (Å²) in [6, 6.07) is 22.3. The van der Waals surface area contributed by atoms with Crippen molar-refractivity contribution in [3.63, 3.8) is 0 Å². The Morgan fingerprint density at radius 2 is 1.00 bits per heavy atom. The molecule has 0 bridgehead atoms. The number of hydrogen-bond donors (Lipinski definition) is 0. The van der Waals surface area contributed by atoms with Crippen molar-refractivity contribution in [2.24, 2.45) is 0 Å². The minimum Gasteiger partial charge on any atom is -0.493 e. The maximum absolute atomic E-state index is 5.74. The van der Waals surface area contributed by atoms with Gasteiger partial charge in [0.15, 0.2) is 23.0 Å². The quantitative estimate of drug-likeness (QED) is 0.587. The second kappa shape index (κ2) is 8.79. The van der Waals surface area contributed by atoms with Crippen molar-refractivity contribution in [2.75, 3.05) is 28.4 Å². The Kier molecular flexibility index (Phi) is 6.20. The highest BCUT2D eigenvalue weighted by atomic mass is 31.1. The van der Waals surface area contributed by atoms with Gasteiger partial charge in [0.2, 0.25) is 0 Å². The van der Waals surface area contributed by atoms with Crippen molar-refractivity contribution in [2.45, 2.75) is 0 Å². The fourth-order valence-corrected chi connectivity index (χ4v) is 5.64. The fraction of sp³-hybridized carbons (Fsp3) is 0.182. The Morgan fingerprint density at radius 1 is 0.519 bits per heavy atom.